The Kier molecular flexibility index (Phi) is 6.27. The van der Waals surface area contributed by atoms with E-state index in [1.54, 1.807) is 13.4 Å². The predicted octanol–water partition coefficient (Wildman–Crippen LogP) is 2.28. The molecule has 0 aliphatic rings. The Bertz CT molecular complexity index is 598. The number of nitrogens with one attached hydrogen (secondary N) is 1. The molecule has 0 radical (unpaired) electrons. The monoisotopic (exact) mass is 320 g/mol. The molecule has 118 valence electrons. The third-order valence-electron chi connectivity index (χ3n) is 3.05. The zero-order valence-electron chi connectivity index (χ0n) is 12.8. The van der Waals surface area contributed by atoms with Crippen molar-refractivity contribution >= 4 is 17.7 Å². The molecule has 1 N–H and O–H groups in total. The van der Waals surface area contributed by atoms with Crippen LogP contribution in [0.3, 0.4) is 0 Å². The van der Waals surface area contributed by atoms with Gasteiger partial charge in [-0.1, -0.05) is 25.1 Å². The van der Waals surface area contributed by atoms with Gasteiger partial charge in [-0.2, -0.15) is 0 Å². The number of unbranched alkanes of at least 4 members (excludes halogenated alkanes) is 1. The fourth-order valence-electron chi connectivity index (χ4n) is 1.83. The van der Waals surface area contributed by atoms with Crippen molar-refractivity contribution in [2.75, 3.05) is 19.4 Å². The molecule has 2 aromatic rings. The smallest absolute Gasteiger partial charge is 0.230 e. The van der Waals surface area contributed by atoms with Gasteiger partial charge in [0, 0.05) is 12.2 Å². The summed E-state index contributed by atoms with van der Waals surface area (Å²) in [4.78, 5) is 11.7. The van der Waals surface area contributed by atoms with E-state index >= 15 is 0 Å². The van der Waals surface area contributed by atoms with E-state index in [0.717, 1.165) is 30.8 Å². The highest BCUT2D eigenvalue weighted by molar-refractivity contribution is 7.99. The third kappa shape index (κ3) is 4.49. The second kappa shape index (κ2) is 8.43. The van der Waals surface area contributed by atoms with Gasteiger partial charge in [0.2, 0.25) is 5.91 Å². The summed E-state index contributed by atoms with van der Waals surface area (Å²) in [5, 5.41) is 11.6. The minimum absolute atomic E-state index is 0.0164. The number of hydrogen-bond acceptors (Lipinski definition) is 5. The molecule has 0 spiro atoms. The normalized spacial score (nSPS) is 10.5. The number of nitrogens with zero attached hydrogens (tertiary/aromatic N) is 3. The van der Waals surface area contributed by atoms with Gasteiger partial charge in [-0.3, -0.25) is 9.36 Å². The number of methoxy groups -OCH3 is 1. The summed E-state index contributed by atoms with van der Waals surface area (Å²) in [5.41, 5.74) is 0.930. The molecule has 0 aliphatic carbocycles. The van der Waals surface area contributed by atoms with Crippen molar-refractivity contribution in [2.24, 2.45) is 0 Å². The molecule has 1 aromatic heterocycles. The van der Waals surface area contributed by atoms with Gasteiger partial charge in [0.25, 0.3) is 0 Å². The third-order valence-corrected chi connectivity index (χ3v) is 4.00. The minimum atomic E-state index is 0.0164. The first kappa shape index (κ1) is 16.4. The van der Waals surface area contributed by atoms with E-state index in [-0.39, 0.29) is 5.91 Å². The largest absolute Gasteiger partial charge is 0.497 e. The van der Waals surface area contributed by atoms with Crippen molar-refractivity contribution in [2.45, 2.75) is 24.9 Å². The molecule has 0 saturated heterocycles. The van der Waals surface area contributed by atoms with Crippen LogP contribution in [-0.4, -0.2) is 40.1 Å². The Morgan fingerprint density at radius 3 is 2.82 bits per heavy atom. The maximum Gasteiger partial charge on any atom is 0.230 e. The number of carbonyl (C=O) groups is 1. The molecule has 22 heavy (non-hydrogen) atoms. The van der Waals surface area contributed by atoms with Crippen LogP contribution in [0.4, 0.5) is 0 Å². The summed E-state index contributed by atoms with van der Waals surface area (Å²) in [6.07, 6.45) is 3.71. The van der Waals surface area contributed by atoms with Gasteiger partial charge in [0.05, 0.1) is 12.9 Å². The number of carbonyl (C=O) groups excluding carboxylic acids is 1. The SMILES string of the molecule is CCCCNC(=O)CSc1nncn1-c1ccc(OC)cc1. The molecule has 0 saturated carbocycles. The van der Waals surface area contributed by atoms with Crippen LogP contribution in [-0.2, 0) is 4.79 Å². The average molecular weight is 320 g/mol. The highest BCUT2D eigenvalue weighted by Crippen LogP contribution is 2.21. The van der Waals surface area contributed by atoms with Crippen molar-refractivity contribution in [1.29, 1.82) is 0 Å². The standard InChI is InChI=1S/C15H20N4O2S/c1-3-4-9-16-14(20)10-22-15-18-17-11-19(15)12-5-7-13(21-2)8-6-12/h5-8,11H,3-4,9-10H2,1-2H3,(H,16,20). The van der Waals surface area contributed by atoms with Gasteiger partial charge in [-0.15, -0.1) is 10.2 Å². The highest BCUT2D eigenvalue weighted by Gasteiger charge is 2.10. The van der Waals surface area contributed by atoms with Crippen molar-refractivity contribution < 1.29 is 9.53 Å². The lowest BCUT2D eigenvalue weighted by Gasteiger charge is -2.07. The number of ether oxygens (including phenoxy) is 1. The Morgan fingerprint density at radius 2 is 2.14 bits per heavy atom. The fourth-order valence-corrected chi connectivity index (χ4v) is 2.59. The number of amides is 1. The average Bonchev–Trinajstić information content (AvgIpc) is 3.02. The molecule has 2 rings (SSSR count). The van der Waals surface area contributed by atoms with Gasteiger partial charge in [0.1, 0.15) is 12.1 Å². The van der Waals surface area contributed by atoms with Crippen LogP contribution in [0, 0.1) is 0 Å². The maximum atomic E-state index is 11.7. The van der Waals surface area contributed by atoms with Crippen molar-refractivity contribution in [3.63, 3.8) is 0 Å². The molecule has 0 fully saturated rings. The molecule has 0 bridgehead atoms. The molecule has 1 aromatic carbocycles. The number of rotatable bonds is 8. The van der Waals surface area contributed by atoms with Gasteiger partial charge in [-0.05, 0) is 30.7 Å². The molecule has 6 nitrogen and oxygen atoms in total. The quantitative estimate of drug-likeness (QED) is 0.597. The van der Waals surface area contributed by atoms with E-state index < -0.39 is 0 Å². The van der Waals surface area contributed by atoms with Crippen LogP contribution in [0.25, 0.3) is 5.69 Å². The van der Waals surface area contributed by atoms with Gasteiger partial charge >= 0.3 is 0 Å². The van der Waals surface area contributed by atoms with E-state index in [4.69, 9.17) is 4.74 Å². The van der Waals surface area contributed by atoms with Crippen LogP contribution in [0.1, 0.15) is 19.8 Å². The first-order valence-corrected chi connectivity index (χ1v) is 8.17. The summed E-state index contributed by atoms with van der Waals surface area (Å²) >= 11 is 1.37. The van der Waals surface area contributed by atoms with Gasteiger partial charge < -0.3 is 10.1 Å². The zero-order valence-corrected chi connectivity index (χ0v) is 13.6. The van der Waals surface area contributed by atoms with Gasteiger partial charge in [-0.25, -0.2) is 0 Å². The predicted molar refractivity (Wildman–Crippen MR) is 86.6 cm³/mol. The van der Waals surface area contributed by atoms with Crippen LogP contribution >= 0.6 is 11.8 Å². The lowest BCUT2D eigenvalue weighted by Crippen LogP contribution is -2.26. The maximum absolute atomic E-state index is 11.7. The van der Waals surface area contributed by atoms with E-state index in [1.165, 1.54) is 11.8 Å². The first-order chi connectivity index (χ1) is 10.7. The van der Waals surface area contributed by atoms with Crippen LogP contribution in [0.2, 0.25) is 0 Å². The van der Waals surface area contributed by atoms with Gasteiger partial charge in [0.15, 0.2) is 5.16 Å². The van der Waals surface area contributed by atoms with Crippen LogP contribution in [0.15, 0.2) is 35.7 Å². The highest BCUT2D eigenvalue weighted by atomic mass is 32.2. The zero-order chi connectivity index (χ0) is 15.8. The summed E-state index contributed by atoms with van der Waals surface area (Å²) in [6.45, 7) is 2.82. The molecule has 1 heterocycles. The van der Waals surface area contributed by atoms with E-state index in [0.29, 0.717) is 10.9 Å². The molecule has 0 aliphatic heterocycles. The summed E-state index contributed by atoms with van der Waals surface area (Å²) in [7, 11) is 1.63. The van der Waals surface area contributed by atoms with Crippen LogP contribution in [0.5, 0.6) is 5.75 Å². The number of aromatic nitrogens is 3. The summed E-state index contributed by atoms with van der Waals surface area (Å²) < 4.78 is 6.99. The number of benzene rings is 1. The van der Waals surface area contributed by atoms with E-state index in [9.17, 15) is 4.79 Å². The Balaban J connectivity index is 1.95. The molecule has 7 heteroatoms. The van der Waals surface area contributed by atoms with Crippen LogP contribution < -0.4 is 10.1 Å². The Hall–Kier alpha value is -2.02. The molecular formula is C15H20N4O2S. The topological polar surface area (TPSA) is 69.0 Å². The molecule has 1 amide bonds. The minimum Gasteiger partial charge on any atom is -0.497 e. The molecule has 0 unspecified atom stereocenters. The second-order valence-electron chi connectivity index (χ2n) is 4.67. The Labute approximate surface area is 134 Å². The first-order valence-electron chi connectivity index (χ1n) is 7.18. The molecular weight excluding hydrogens is 300 g/mol. The second-order valence-corrected chi connectivity index (χ2v) is 5.62. The lowest BCUT2D eigenvalue weighted by molar-refractivity contribution is -0.118. The Morgan fingerprint density at radius 1 is 1.36 bits per heavy atom. The van der Waals surface area contributed by atoms with Crippen molar-refractivity contribution in [3.05, 3.63) is 30.6 Å². The number of hydrogen-bond donors (Lipinski definition) is 1. The van der Waals surface area contributed by atoms with Crippen molar-refractivity contribution in [3.8, 4) is 11.4 Å². The fraction of sp³-hybridized carbons (Fsp3) is 0.400. The van der Waals surface area contributed by atoms with E-state index in [1.807, 2.05) is 28.8 Å². The lowest BCUT2D eigenvalue weighted by atomic mass is 10.3. The summed E-state index contributed by atoms with van der Waals surface area (Å²) in [6, 6.07) is 7.60. The van der Waals surface area contributed by atoms with Crippen molar-refractivity contribution in [1.82, 2.24) is 20.1 Å². The molecule has 0 atom stereocenters. The number of thioether (sulfide) groups is 1. The van der Waals surface area contributed by atoms with E-state index in [2.05, 4.69) is 22.4 Å². The summed E-state index contributed by atoms with van der Waals surface area (Å²) in [5.74, 6) is 1.14.